The van der Waals surface area contributed by atoms with E-state index < -0.39 is 0 Å². The minimum Gasteiger partial charge on any atom is -0.489 e. The second-order valence-corrected chi connectivity index (χ2v) is 6.92. The number of amides is 1. The summed E-state index contributed by atoms with van der Waals surface area (Å²) in [7, 11) is 0. The number of benzene rings is 2. The van der Waals surface area contributed by atoms with Crippen molar-refractivity contribution >= 4 is 34.7 Å². The van der Waals surface area contributed by atoms with Crippen molar-refractivity contribution in [1.29, 1.82) is 0 Å². The highest BCUT2D eigenvalue weighted by Crippen LogP contribution is 2.27. The quantitative estimate of drug-likeness (QED) is 0.597. The minimum absolute atomic E-state index is 0.0523. The molecule has 0 aliphatic heterocycles. The number of nitrogens with zero attached hydrogens (tertiary/aromatic N) is 2. The molecule has 0 saturated carbocycles. The number of para-hydroxylation sites is 2. The zero-order valence-electron chi connectivity index (χ0n) is 15.9. The van der Waals surface area contributed by atoms with Crippen LogP contribution in [0, 0.1) is 6.92 Å². The Morgan fingerprint density at radius 1 is 1.07 bits per heavy atom. The van der Waals surface area contributed by atoms with E-state index in [2.05, 4.69) is 20.6 Å². The van der Waals surface area contributed by atoms with Crippen molar-refractivity contribution in [2.45, 2.75) is 26.9 Å². The zero-order chi connectivity index (χ0) is 20.1. The van der Waals surface area contributed by atoms with Crippen molar-refractivity contribution in [1.82, 2.24) is 9.97 Å². The van der Waals surface area contributed by atoms with Crippen LogP contribution in [-0.2, 0) is 0 Å². The van der Waals surface area contributed by atoms with E-state index >= 15 is 0 Å². The summed E-state index contributed by atoms with van der Waals surface area (Å²) in [5.74, 6) is 0.895. The van der Waals surface area contributed by atoms with Crippen LogP contribution in [0.3, 0.4) is 0 Å². The summed E-state index contributed by atoms with van der Waals surface area (Å²) in [6.07, 6.45) is 2.99. The van der Waals surface area contributed by atoms with Gasteiger partial charge in [0.2, 0.25) is 0 Å². The van der Waals surface area contributed by atoms with Crippen molar-refractivity contribution in [2.75, 3.05) is 10.6 Å². The third-order valence-corrected chi connectivity index (χ3v) is 4.07. The molecule has 3 rings (SSSR count). The van der Waals surface area contributed by atoms with Crippen LogP contribution in [0.5, 0.6) is 5.75 Å². The van der Waals surface area contributed by atoms with Gasteiger partial charge >= 0.3 is 0 Å². The Labute approximate surface area is 168 Å². The Hall–Kier alpha value is -3.12. The summed E-state index contributed by atoms with van der Waals surface area (Å²) >= 11 is 5.94. The van der Waals surface area contributed by atoms with Gasteiger partial charge < -0.3 is 15.4 Å². The van der Waals surface area contributed by atoms with Crippen LogP contribution in [-0.4, -0.2) is 22.0 Å². The molecule has 1 amide bonds. The standard InChI is InChI=1S/C21H21ClN4O2/c1-13(2)28-19-7-5-4-6-17(19)25-20-12-23-18(11-24-20)21(27)26-16-9-8-15(22)10-14(16)3/h4-13H,1-3H3,(H,24,25)(H,26,27). The molecule has 0 bridgehead atoms. The number of carbonyl (C=O) groups is 1. The number of aryl methyl sites for hydroxylation is 1. The largest absolute Gasteiger partial charge is 0.489 e. The summed E-state index contributed by atoms with van der Waals surface area (Å²) < 4.78 is 5.78. The number of halogens is 1. The van der Waals surface area contributed by atoms with Crippen LogP contribution >= 0.6 is 11.6 Å². The number of nitrogens with one attached hydrogen (secondary N) is 2. The van der Waals surface area contributed by atoms with Gasteiger partial charge in [0.15, 0.2) is 0 Å². The van der Waals surface area contributed by atoms with Gasteiger partial charge in [0, 0.05) is 10.7 Å². The lowest BCUT2D eigenvalue weighted by Gasteiger charge is -2.15. The third kappa shape index (κ3) is 4.98. The summed E-state index contributed by atoms with van der Waals surface area (Å²) in [5.41, 5.74) is 2.54. The first kappa shape index (κ1) is 19.6. The number of carbonyl (C=O) groups excluding carboxylic acids is 1. The van der Waals surface area contributed by atoms with Gasteiger partial charge in [-0.25, -0.2) is 9.97 Å². The van der Waals surface area contributed by atoms with Crippen LogP contribution in [0.15, 0.2) is 54.9 Å². The van der Waals surface area contributed by atoms with Crippen LogP contribution in [0.25, 0.3) is 0 Å². The normalized spacial score (nSPS) is 10.6. The monoisotopic (exact) mass is 396 g/mol. The van der Waals surface area contributed by atoms with Crippen LogP contribution in [0.2, 0.25) is 5.02 Å². The smallest absolute Gasteiger partial charge is 0.275 e. The predicted molar refractivity (Wildman–Crippen MR) is 112 cm³/mol. The fourth-order valence-corrected chi connectivity index (χ4v) is 2.75. The van der Waals surface area contributed by atoms with Gasteiger partial charge in [-0.2, -0.15) is 0 Å². The van der Waals surface area contributed by atoms with Crippen molar-refractivity contribution in [3.05, 3.63) is 71.1 Å². The summed E-state index contributed by atoms with van der Waals surface area (Å²) in [4.78, 5) is 20.9. The molecule has 144 valence electrons. The average Bonchev–Trinajstić information content (AvgIpc) is 2.66. The molecular formula is C21H21ClN4O2. The lowest BCUT2D eigenvalue weighted by molar-refractivity contribution is 0.102. The molecule has 0 fully saturated rings. The topological polar surface area (TPSA) is 76.1 Å². The molecule has 2 N–H and O–H groups in total. The zero-order valence-corrected chi connectivity index (χ0v) is 16.6. The van der Waals surface area contributed by atoms with Gasteiger partial charge in [-0.05, 0) is 56.7 Å². The van der Waals surface area contributed by atoms with E-state index in [0.717, 1.165) is 17.0 Å². The molecule has 0 radical (unpaired) electrons. The lowest BCUT2D eigenvalue weighted by Crippen LogP contribution is -2.15. The van der Waals surface area contributed by atoms with E-state index in [0.29, 0.717) is 16.5 Å². The number of ether oxygens (including phenoxy) is 1. The molecule has 7 heteroatoms. The maximum absolute atomic E-state index is 12.4. The van der Waals surface area contributed by atoms with Crippen molar-refractivity contribution in [3.8, 4) is 5.75 Å². The number of anilines is 3. The molecule has 1 aromatic heterocycles. The molecule has 6 nitrogen and oxygen atoms in total. The number of hydrogen-bond donors (Lipinski definition) is 2. The minimum atomic E-state index is -0.340. The molecule has 1 heterocycles. The number of rotatable bonds is 6. The Morgan fingerprint density at radius 3 is 2.54 bits per heavy atom. The lowest BCUT2D eigenvalue weighted by atomic mass is 10.2. The molecule has 0 saturated heterocycles. The molecule has 0 aliphatic carbocycles. The van der Waals surface area contributed by atoms with E-state index in [1.165, 1.54) is 12.4 Å². The van der Waals surface area contributed by atoms with Gasteiger partial charge in [-0.1, -0.05) is 23.7 Å². The second kappa shape index (κ2) is 8.71. The molecule has 0 unspecified atom stereocenters. The van der Waals surface area contributed by atoms with E-state index in [-0.39, 0.29) is 17.7 Å². The molecular weight excluding hydrogens is 376 g/mol. The highest BCUT2D eigenvalue weighted by atomic mass is 35.5. The summed E-state index contributed by atoms with van der Waals surface area (Å²) in [6, 6.07) is 12.8. The number of hydrogen-bond acceptors (Lipinski definition) is 5. The van der Waals surface area contributed by atoms with Gasteiger partial charge in [-0.3, -0.25) is 4.79 Å². The van der Waals surface area contributed by atoms with E-state index in [9.17, 15) is 4.79 Å². The molecule has 0 aliphatic rings. The van der Waals surface area contributed by atoms with Gasteiger partial charge in [-0.15, -0.1) is 0 Å². The van der Waals surface area contributed by atoms with Crippen molar-refractivity contribution in [3.63, 3.8) is 0 Å². The Balaban J connectivity index is 1.71. The average molecular weight is 397 g/mol. The fourth-order valence-electron chi connectivity index (χ4n) is 2.53. The van der Waals surface area contributed by atoms with Crippen LogP contribution < -0.4 is 15.4 Å². The molecule has 0 atom stereocenters. The second-order valence-electron chi connectivity index (χ2n) is 6.49. The third-order valence-electron chi connectivity index (χ3n) is 3.83. The maximum atomic E-state index is 12.4. The molecule has 3 aromatic rings. The first-order valence-corrected chi connectivity index (χ1v) is 9.22. The van der Waals surface area contributed by atoms with E-state index in [1.54, 1.807) is 18.2 Å². The Kier molecular flexibility index (Phi) is 6.11. The number of aromatic nitrogens is 2. The first-order valence-electron chi connectivity index (χ1n) is 8.84. The SMILES string of the molecule is Cc1cc(Cl)ccc1NC(=O)c1cnc(Nc2ccccc2OC(C)C)cn1. The van der Waals surface area contributed by atoms with Gasteiger partial charge in [0.1, 0.15) is 17.3 Å². The Morgan fingerprint density at radius 2 is 1.86 bits per heavy atom. The summed E-state index contributed by atoms with van der Waals surface area (Å²) in [5, 5.41) is 6.60. The van der Waals surface area contributed by atoms with Gasteiger partial charge in [0.25, 0.3) is 5.91 Å². The predicted octanol–water partition coefficient (Wildman–Crippen LogP) is 5.22. The summed E-state index contributed by atoms with van der Waals surface area (Å²) in [6.45, 7) is 5.80. The van der Waals surface area contributed by atoms with Crippen molar-refractivity contribution in [2.24, 2.45) is 0 Å². The van der Waals surface area contributed by atoms with Crippen LogP contribution in [0.4, 0.5) is 17.2 Å². The maximum Gasteiger partial charge on any atom is 0.275 e. The highest BCUT2D eigenvalue weighted by Gasteiger charge is 2.11. The van der Waals surface area contributed by atoms with Crippen LogP contribution in [0.1, 0.15) is 29.9 Å². The molecule has 0 spiro atoms. The molecule has 2 aromatic carbocycles. The highest BCUT2D eigenvalue weighted by molar-refractivity contribution is 6.30. The van der Waals surface area contributed by atoms with E-state index in [1.807, 2.05) is 45.0 Å². The van der Waals surface area contributed by atoms with Crippen molar-refractivity contribution < 1.29 is 9.53 Å². The first-order chi connectivity index (χ1) is 13.4. The van der Waals surface area contributed by atoms with Gasteiger partial charge in [0.05, 0.1) is 24.2 Å². The Bertz CT molecular complexity index is 974. The van der Waals surface area contributed by atoms with E-state index in [4.69, 9.17) is 16.3 Å². The molecule has 28 heavy (non-hydrogen) atoms. The fraction of sp³-hybridized carbons (Fsp3) is 0.190.